The number of piperidine rings is 1. The van der Waals surface area contributed by atoms with Crippen molar-refractivity contribution in [1.29, 1.82) is 5.26 Å². The van der Waals surface area contributed by atoms with Gasteiger partial charge in [-0.25, -0.2) is 9.50 Å². The number of pyridine rings is 2. The number of likely N-dealkylation sites (N-methyl/N-ethyl adjacent to an activating group) is 2. The van der Waals surface area contributed by atoms with Crippen molar-refractivity contribution in [1.82, 2.24) is 29.7 Å². The maximum atomic E-state index is 13.6. The second-order valence-electron chi connectivity index (χ2n) is 11.9. The van der Waals surface area contributed by atoms with Crippen LogP contribution >= 0.6 is 0 Å². The van der Waals surface area contributed by atoms with Gasteiger partial charge in [0.25, 0.3) is 0 Å². The van der Waals surface area contributed by atoms with Gasteiger partial charge in [0.2, 0.25) is 5.91 Å². The van der Waals surface area contributed by atoms with E-state index in [0.29, 0.717) is 30.4 Å². The van der Waals surface area contributed by atoms with E-state index in [1.807, 2.05) is 31.3 Å². The van der Waals surface area contributed by atoms with Crippen LogP contribution in [0.25, 0.3) is 16.6 Å². The van der Waals surface area contributed by atoms with Crippen molar-refractivity contribution in [3.8, 4) is 22.9 Å². The fourth-order valence-electron chi connectivity index (χ4n) is 5.60. The Bertz CT molecular complexity index is 1370. The van der Waals surface area contributed by atoms with Gasteiger partial charge in [0.15, 0.2) is 0 Å². The number of anilines is 1. The monoisotopic (exact) mass is 574 g/mol. The molecule has 1 N–H and O–H groups in total. The summed E-state index contributed by atoms with van der Waals surface area (Å²) in [6.07, 6.45) is 6.77. The Hall–Kier alpha value is -3.68. The fraction of sp³-hybridized carbons (Fsp3) is 0.562. The highest BCUT2D eigenvalue weighted by Crippen LogP contribution is 2.36. The number of nitrogens with one attached hydrogen (secondary N) is 1. The number of hydrogen-bond donors (Lipinski definition) is 1. The first-order valence-corrected chi connectivity index (χ1v) is 15.1. The molecule has 0 saturated carbocycles. The first-order chi connectivity index (χ1) is 20.2. The number of rotatable bonds is 13. The average molecular weight is 575 g/mol. The van der Waals surface area contributed by atoms with Gasteiger partial charge in [-0.3, -0.25) is 4.79 Å². The Morgan fingerprint density at radius 1 is 1.19 bits per heavy atom. The average Bonchev–Trinajstić information content (AvgIpc) is 3.41. The standard InChI is InChI=1S/C32H46N8O2/c1-7-38(16-15-37(5)6)23-32(31(41)35-19-24(3)4)11-13-39(14-12-32)29-10-9-25(20-34-29)28-17-27(42-8-2)22-40-30(28)26(18-33)21-36-40/h9-10,17,20-22,24H,7-8,11-16,19,23H2,1-6H3,(H,35,41). The quantitative estimate of drug-likeness (QED) is 0.328. The number of ether oxygens (including phenoxy) is 1. The molecule has 0 aromatic carbocycles. The van der Waals surface area contributed by atoms with Crippen molar-refractivity contribution in [2.45, 2.75) is 40.5 Å². The van der Waals surface area contributed by atoms with Gasteiger partial charge in [0, 0.05) is 56.6 Å². The van der Waals surface area contributed by atoms with E-state index in [1.54, 1.807) is 16.9 Å². The van der Waals surface area contributed by atoms with Crippen LogP contribution in [0.2, 0.25) is 0 Å². The van der Waals surface area contributed by atoms with Crippen molar-refractivity contribution in [2.75, 3.05) is 71.4 Å². The van der Waals surface area contributed by atoms with E-state index in [-0.39, 0.29) is 5.91 Å². The lowest BCUT2D eigenvalue weighted by Crippen LogP contribution is -2.55. The number of amides is 1. The van der Waals surface area contributed by atoms with Gasteiger partial charge in [-0.15, -0.1) is 0 Å². The molecule has 42 heavy (non-hydrogen) atoms. The fourth-order valence-corrected chi connectivity index (χ4v) is 5.60. The third-order valence-electron chi connectivity index (χ3n) is 8.11. The minimum Gasteiger partial charge on any atom is -0.492 e. The van der Waals surface area contributed by atoms with Crippen LogP contribution in [-0.2, 0) is 4.79 Å². The molecule has 1 saturated heterocycles. The molecule has 1 aliphatic rings. The van der Waals surface area contributed by atoms with E-state index in [0.717, 1.165) is 74.6 Å². The van der Waals surface area contributed by atoms with E-state index in [1.165, 1.54) is 0 Å². The number of carbonyl (C=O) groups is 1. The number of hydrogen-bond acceptors (Lipinski definition) is 8. The zero-order valence-corrected chi connectivity index (χ0v) is 26.1. The summed E-state index contributed by atoms with van der Waals surface area (Å²) in [5.74, 6) is 2.16. The van der Waals surface area contributed by atoms with Crippen LogP contribution in [0.4, 0.5) is 5.82 Å². The molecule has 226 valence electrons. The molecule has 3 aromatic heterocycles. The lowest BCUT2D eigenvalue weighted by atomic mass is 9.76. The highest BCUT2D eigenvalue weighted by molar-refractivity contribution is 5.85. The first kappa shape index (κ1) is 31.3. The molecule has 1 amide bonds. The van der Waals surface area contributed by atoms with Crippen LogP contribution in [0.3, 0.4) is 0 Å². The van der Waals surface area contributed by atoms with Gasteiger partial charge in [-0.1, -0.05) is 20.8 Å². The molecule has 0 radical (unpaired) electrons. The van der Waals surface area contributed by atoms with Crippen LogP contribution in [0.5, 0.6) is 5.75 Å². The summed E-state index contributed by atoms with van der Waals surface area (Å²) in [7, 11) is 4.18. The van der Waals surface area contributed by atoms with Crippen LogP contribution in [0.15, 0.2) is 36.8 Å². The van der Waals surface area contributed by atoms with E-state index < -0.39 is 5.41 Å². The van der Waals surface area contributed by atoms with Crippen LogP contribution in [0.1, 0.15) is 46.1 Å². The second kappa shape index (κ2) is 14.0. The third-order valence-corrected chi connectivity index (χ3v) is 8.11. The number of nitriles is 1. The predicted octanol–water partition coefficient (Wildman–Crippen LogP) is 3.91. The van der Waals surface area contributed by atoms with E-state index in [9.17, 15) is 10.1 Å². The minimum absolute atomic E-state index is 0.176. The first-order valence-electron chi connectivity index (χ1n) is 15.1. The summed E-state index contributed by atoms with van der Waals surface area (Å²) in [6.45, 7) is 14.7. The predicted molar refractivity (Wildman–Crippen MR) is 167 cm³/mol. The number of fused-ring (bicyclic) bond motifs is 1. The van der Waals surface area contributed by atoms with E-state index >= 15 is 0 Å². The van der Waals surface area contributed by atoms with Crippen LogP contribution < -0.4 is 15.0 Å². The Kier molecular flexibility index (Phi) is 10.4. The van der Waals surface area contributed by atoms with Gasteiger partial charge in [0.05, 0.1) is 35.5 Å². The SMILES string of the molecule is CCOc1cc(-c2ccc(N3CCC(CN(CC)CCN(C)C)(C(=O)NCC(C)C)CC3)nc2)c2c(C#N)cnn2c1. The molecular formula is C32H46N8O2. The molecule has 4 rings (SSSR count). The van der Waals surface area contributed by atoms with Crippen molar-refractivity contribution >= 4 is 17.2 Å². The molecule has 1 fully saturated rings. The van der Waals surface area contributed by atoms with Gasteiger partial charge < -0.3 is 24.8 Å². The maximum absolute atomic E-state index is 13.6. The highest BCUT2D eigenvalue weighted by atomic mass is 16.5. The Labute approximate surface area is 250 Å². The van der Waals surface area contributed by atoms with E-state index in [4.69, 9.17) is 9.72 Å². The van der Waals surface area contributed by atoms with Crippen molar-refractivity contribution < 1.29 is 9.53 Å². The second-order valence-corrected chi connectivity index (χ2v) is 11.9. The van der Waals surface area contributed by atoms with E-state index in [2.05, 4.69) is 66.1 Å². The Morgan fingerprint density at radius 3 is 2.55 bits per heavy atom. The maximum Gasteiger partial charge on any atom is 0.227 e. The summed E-state index contributed by atoms with van der Waals surface area (Å²) >= 11 is 0. The Balaban J connectivity index is 1.53. The summed E-state index contributed by atoms with van der Waals surface area (Å²) in [5.41, 5.74) is 2.56. The topological polar surface area (TPSA) is 102 Å². The Morgan fingerprint density at radius 2 is 1.95 bits per heavy atom. The summed E-state index contributed by atoms with van der Waals surface area (Å²) in [4.78, 5) is 25.4. The van der Waals surface area contributed by atoms with Crippen LogP contribution in [-0.4, -0.2) is 96.8 Å². The summed E-state index contributed by atoms with van der Waals surface area (Å²) < 4.78 is 7.45. The molecule has 4 heterocycles. The molecule has 0 spiro atoms. The number of aromatic nitrogens is 3. The lowest BCUT2D eigenvalue weighted by Gasteiger charge is -2.43. The van der Waals surface area contributed by atoms with Crippen molar-refractivity contribution in [3.63, 3.8) is 0 Å². The van der Waals surface area contributed by atoms with Gasteiger partial charge in [-0.2, -0.15) is 10.4 Å². The zero-order valence-electron chi connectivity index (χ0n) is 26.1. The summed E-state index contributed by atoms with van der Waals surface area (Å²) in [6, 6.07) is 8.26. The molecule has 0 bridgehead atoms. The van der Waals surface area contributed by atoms with Gasteiger partial charge >= 0.3 is 0 Å². The largest absolute Gasteiger partial charge is 0.492 e. The molecule has 1 aliphatic heterocycles. The number of nitrogens with zero attached hydrogens (tertiary/aromatic N) is 7. The van der Waals surface area contributed by atoms with Crippen LogP contribution in [0, 0.1) is 22.7 Å². The number of carbonyl (C=O) groups excluding carboxylic acids is 1. The molecule has 10 heteroatoms. The minimum atomic E-state index is -0.422. The molecule has 0 atom stereocenters. The van der Waals surface area contributed by atoms with Crippen molar-refractivity contribution in [2.24, 2.45) is 11.3 Å². The molecule has 3 aromatic rings. The third kappa shape index (κ3) is 7.20. The normalized spacial score (nSPS) is 15.0. The van der Waals surface area contributed by atoms with Crippen molar-refractivity contribution in [3.05, 3.63) is 42.4 Å². The molecular weight excluding hydrogens is 528 g/mol. The zero-order chi connectivity index (χ0) is 30.3. The highest BCUT2D eigenvalue weighted by Gasteiger charge is 2.42. The molecule has 0 aliphatic carbocycles. The smallest absolute Gasteiger partial charge is 0.227 e. The summed E-state index contributed by atoms with van der Waals surface area (Å²) in [5, 5.41) is 17.3. The van der Waals surface area contributed by atoms with Gasteiger partial charge in [0.1, 0.15) is 17.6 Å². The van der Waals surface area contributed by atoms with Gasteiger partial charge in [-0.05, 0) is 64.5 Å². The molecule has 0 unspecified atom stereocenters. The molecule has 10 nitrogen and oxygen atoms in total. The lowest BCUT2D eigenvalue weighted by molar-refractivity contribution is -0.133.